The minimum atomic E-state index is 0.580. The lowest BCUT2D eigenvalue weighted by Gasteiger charge is -2.20. The van der Waals surface area contributed by atoms with Gasteiger partial charge in [0.1, 0.15) is 0 Å². The molecule has 2 heterocycles. The molecule has 2 aliphatic rings. The van der Waals surface area contributed by atoms with E-state index in [0.717, 1.165) is 25.6 Å². The molecule has 0 amide bonds. The minimum Gasteiger partial charge on any atom is -0.308 e. The van der Waals surface area contributed by atoms with Gasteiger partial charge in [-0.15, -0.1) is 0 Å². The molecule has 0 aromatic heterocycles. The van der Waals surface area contributed by atoms with E-state index >= 15 is 0 Å². The van der Waals surface area contributed by atoms with Crippen LogP contribution in [0.15, 0.2) is 53.5 Å². The molecule has 2 aromatic carbocycles. The SMILES string of the molecule is CC(C)c1ccc(CN2C3=NCCN3c3ccccc32)cc1. The number of benzene rings is 2. The first-order chi connectivity index (χ1) is 10.7. The van der Waals surface area contributed by atoms with Crippen molar-refractivity contribution < 1.29 is 0 Å². The van der Waals surface area contributed by atoms with E-state index in [0.29, 0.717) is 5.92 Å². The zero-order valence-electron chi connectivity index (χ0n) is 13.2. The number of anilines is 2. The van der Waals surface area contributed by atoms with E-state index in [1.165, 1.54) is 22.5 Å². The van der Waals surface area contributed by atoms with Crippen LogP contribution in [0.4, 0.5) is 11.4 Å². The van der Waals surface area contributed by atoms with E-state index in [2.05, 4.69) is 72.2 Å². The van der Waals surface area contributed by atoms with Gasteiger partial charge in [-0.05, 0) is 29.2 Å². The number of aliphatic imine (C=N–C) groups is 1. The molecule has 0 unspecified atom stereocenters. The molecule has 0 atom stereocenters. The summed E-state index contributed by atoms with van der Waals surface area (Å²) < 4.78 is 0. The van der Waals surface area contributed by atoms with Gasteiger partial charge < -0.3 is 9.80 Å². The minimum absolute atomic E-state index is 0.580. The molecule has 0 spiro atoms. The number of rotatable bonds is 3. The molecule has 0 saturated heterocycles. The van der Waals surface area contributed by atoms with Crippen molar-refractivity contribution in [2.75, 3.05) is 22.9 Å². The largest absolute Gasteiger partial charge is 0.308 e. The van der Waals surface area contributed by atoms with Gasteiger partial charge in [-0.25, -0.2) is 0 Å². The molecule has 0 aliphatic carbocycles. The fourth-order valence-electron chi connectivity index (χ4n) is 3.27. The van der Waals surface area contributed by atoms with Gasteiger partial charge in [-0.3, -0.25) is 4.99 Å². The van der Waals surface area contributed by atoms with Gasteiger partial charge in [-0.2, -0.15) is 0 Å². The Morgan fingerprint density at radius 1 is 1.00 bits per heavy atom. The van der Waals surface area contributed by atoms with Crippen molar-refractivity contribution in [3.63, 3.8) is 0 Å². The molecule has 0 saturated carbocycles. The van der Waals surface area contributed by atoms with Gasteiger partial charge in [0.25, 0.3) is 0 Å². The monoisotopic (exact) mass is 291 g/mol. The van der Waals surface area contributed by atoms with Crippen molar-refractivity contribution in [2.24, 2.45) is 4.99 Å². The fourth-order valence-corrected chi connectivity index (χ4v) is 3.27. The number of hydrogen-bond donors (Lipinski definition) is 0. The first kappa shape index (κ1) is 13.4. The zero-order chi connectivity index (χ0) is 15.1. The summed E-state index contributed by atoms with van der Waals surface area (Å²) in [6.45, 7) is 7.24. The second-order valence-corrected chi connectivity index (χ2v) is 6.30. The van der Waals surface area contributed by atoms with Gasteiger partial charge in [0.2, 0.25) is 5.96 Å². The molecule has 0 radical (unpaired) electrons. The van der Waals surface area contributed by atoms with Gasteiger partial charge in [0.15, 0.2) is 0 Å². The maximum Gasteiger partial charge on any atom is 0.206 e. The van der Waals surface area contributed by atoms with Crippen molar-refractivity contribution in [1.82, 2.24) is 0 Å². The Kier molecular flexibility index (Phi) is 3.14. The van der Waals surface area contributed by atoms with Crippen molar-refractivity contribution in [3.05, 3.63) is 59.7 Å². The number of guanidine groups is 1. The third-order valence-electron chi connectivity index (χ3n) is 4.51. The molecule has 2 aromatic rings. The second-order valence-electron chi connectivity index (χ2n) is 6.30. The van der Waals surface area contributed by atoms with E-state index in [1.807, 2.05) is 0 Å². The van der Waals surface area contributed by atoms with Crippen LogP contribution in [-0.2, 0) is 6.54 Å². The maximum absolute atomic E-state index is 4.70. The Morgan fingerprint density at radius 2 is 1.73 bits per heavy atom. The molecule has 0 N–H and O–H groups in total. The van der Waals surface area contributed by atoms with Crippen LogP contribution in [0.25, 0.3) is 0 Å². The first-order valence-corrected chi connectivity index (χ1v) is 8.01. The van der Waals surface area contributed by atoms with E-state index < -0.39 is 0 Å². The number of hydrogen-bond acceptors (Lipinski definition) is 3. The average Bonchev–Trinajstić information content (AvgIpc) is 3.11. The standard InChI is InChI=1S/C19H21N3/c1-14(2)16-9-7-15(8-10-16)13-22-18-6-4-3-5-17(18)21-12-11-20-19(21)22/h3-10,14H,11-13H2,1-2H3. The molecule has 2 aliphatic heterocycles. The molecule has 0 fully saturated rings. The number of para-hydroxylation sites is 2. The van der Waals surface area contributed by atoms with E-state index in [4.69, 9.17) is 4.99 Å². The topological polar surface area (TPSA) is 18.8 Å². The Bertz CT molecular complexity index is 716. The second kappa shape index (κ2) is 5.16. The predicted molar refractivity (Wildman–Crippen MR) is 92.8 cm³/mol. The summed E-state index contributed by atoms with van der Waals surface area (Å²) >= 11 is 0. The van der Waals surface area contributed by atoms with Crippen molar-refractivity contribution in [3.8, 4) is 0 Å². The molecule has 112 valence electrons. The van der Waals surface area contributed by atoms with Crippen molar-refractivity contribution >= 4 is 17.3 Å². The summed E-state index contributed by atoms with van der Waals surface area (Å²) in [5, 5.41) is 0. The number of fused-ring (bicyclic) bond motifs is 3. The lowest BCUT2D eigenvalue weighted by Crippen LogP contribution is -2.34. The molecular weight excluding hydrogens is 270 g/mol. The van der Waals surface area contributed by atoms with Crippen molar-refractivity contribution in [2.45, 2.75) is 26.3 Å². The third kappa shape index (κ3) is 2.08. The smallest absolute Gasteiger partial charge is 0.206 e. The van der Waals surface area contributed by atoms with Gasteiger partial charge in [-0.1, -0.05) is 50.2 Å². The number of nitrogens with zero attached hydrogens (tertiary/aromatic N) is 3. The van der Waals surface area contributed by atoms with Crippen LogP contribution >= 0.6 is 0 Å². The Hall–Kier alpha value is -2.29. The highest BCUT2D eigenvalue weighted by atomic mass is 15.5. The van der Waals surface area contributed by atoms with Crippen LogP contribution in [-0.4, -0.2) is 19.0 Å². The summed E-state index contributed by atoms with van der Waals surface area (Å²) in [6, 6.07) is 17.6. The van der Waals surface area contributed by atoms with E-state index in [1.54, 1.807) is 0 Å². The van der Waals surface area contributed by atoms with Crippen LogP contribution in [0.1, 0.15) is 30.9 Å². The maximum atomic E-state index is 4.70. The molecular formula is C19H21N3. The summed E-state index contributed by atoms with van der Waals surface area (Å²) in [7, 11) is 0. The van der Waals surface area contributed by atoms with Gasteiger partial charge >= 0.3 is 0 Å². The van der Waals surface area contributed by atoms with Gasteiger partial charge in [0, 0.05) is 6.54 Å². The average molecular weight is 291 g/mol. The predicted octanol–water partition coefficient (Wildman–Crippen LogP) is 4.01. The zero-order valence-corrected chi connectivity index (χ0v) is 13.2. The van der Waals surface area contributed by atoms with Crippen LogP contribution in [0, 0.1) is 0 Å². The molecule has 22 heavy (non-hydrogen) atoms. The normalized spacial score (nSPS) is 16.0. The lowest BCUT2D eigenvalue weighted by atomic mass is 10.0. The fraction of sp³-hybridized carbons (Fsp3) is 0.316. The summed E-state index contributed by atoms with van der Waals surface area (Å²) in [5.41, 5.74) is 5.28. The quantitative estimate of drug-likeness (QED) is 0.851. The third-order valence-corrected chi connectivity index (χ3v) is 4.51. The lowest BCUT2D eigenvalue weighted by molar-refractivity contribution is 0.864. The van der Waals surface area contributed by atoms with Crippen LogP contribution < -0.4 is 9.80 Å². The van der Waals surface area contributed by atoms with E-state index in [9.17, 15) is 0 Å². The highest BCUT2D eigenvalue weighted by Crippen LogP contribution is 2.39. The Balaban J connectivity index is 1.65. The van der Waals surface area contributed by atoms with E-state index in [-0.39, 0.29) is 0 Å². The molecule has 3 nitrogen and oxygen atoms in total. The Morgan fingerprint density at radius 3 is 2.45 bits per heavy atom. The summed E-state index contributed by atoms with van der Waals surface area (Å²) in [4.78, 5) is 9.38. The summed E-state index contributed by atoms with van der Waals surface area (Å²) in [6.07, 6.45) is 0. The molecule has 3 heteroatoms. The first-order valence-electron chi connectivity index (χ1n) is 8.01. The van der Waals surface area contributed by atoms with Crippen LogP contribution in [0.3, 0.4) is 0 Å². The molecule has 0 bridgehead atoms. The van der Waals surface area contributed by atoms with Crippen LogP contribution in [0.2, 0.25) is 0 Å². The highest BCUT2D eigenvalue weighted by molar-refractivity contribution is 6.16. The summed E-state index contributed by atoms with van der Waals surface area (Å²) in [5.74, 6) is 1.69. The molecule has 4 rings (SSSR count). The Labute approximate surface area is 131 Å². The van der Waals surface area contributed by atoms with Crippen molar-refractivity contribution in [1.29, 1.82) is 0 Å². The van der Waals surface area contributed by atoms with Crippen LogP contribution in [0.5, 0.6) is 0 Å². The highest BCUT2D eigenvalue weighted by Gasteiger charge is 2.34. The van der Waals surface area contributed by atoms with Gasteiger partial charge in [0.05, 0.1) is 24.5 Å².